The molecule has 0 aromatic carbocycles. The van der Waals surface area contributed by atoms with Crippen LogP contribution in [0.5, 0.6) is 0 Å². The molecule has 2 N–H and O–H groups in total. The van der Waals surface area contributed by atoms with E-state index in [4.69, 9.17) is 4.42 Å². The standard InChI is InChI=1S/C11H16N4O/c1-3-9(10-5-4-6-16-10)14-8(2)11-12-7-13-15-11/h4-9,14H,3H2,1-2H3,(H,12,13,15). The van der Waals surface area contributed by atoms with E-state index in [0.717, 1.165) is 18.0 Å². The molecular formula is C11H16N4O. The van der Waals surface area contributed by atoms with E-state index in [1.165, 1.54) is 6.33 Å². The van der Waals surface area contributed by atoms with Crippen LogP contribution in [0.4, 0.5) is 0 Å². The van der Waals surface area contributed by atoms with Gasteiger partial charge in [0.15, 0.2) is 0 Å². The van der Waals surface area contributed by atoms with Crippen molar-refractivity contribution in [1.82, 2.24) is 20.5 Å². The maximum Gasteiger partial charge on any atom is 0.141 e. The van der Waals surface area contributed by atoms with Crippen LogP contribution in [-0.4, -0.2) is 15.2 Å². The van der Waals surface area contributed by atoms with Crippen molar-refractivity contribution >= 4 is 0 Å². The molecule has 0 fully saturated rings. The second-order valence-corrected chi connectivity index (χ2v) is 3.74. The predicted octanol–water partition coefficient (Wildman–Crippen LogP) is 2.20. The summed E-state index contributed by atoms with van der Waals surface area (Å²) in [6.45, 7) is 4.17. The molecular weight excluding hydrogens is 204 g/mol. The van der Waals surface area contributed by atoms with E-state index in [1.54, 1.807) is 6.26 Å². The molecule has 0 spiro atoms. The molecule has 5 heteroatoms. The number of rotatable bonds is 5. The fourth-order valence-corrected chi connectivity index (χ4v) is 1.69. The third kappa shape index (κ3) is 2.30. The van der Waals surface area contributed by atoms with Crippen LogP contribution in [0.15, 0.2) is 29.1 Å². The Balaban J connectivity index is 2.02. The molecule has 2 aromatic heterocycles. The van der Waals surface area contributed by atoms with Crippen molar-refractivity contribution in [2.24, 2.45) is 0 Å². The van der Waals surface area contributed by atoms with Gasteiger partial charge in [-0.3, -0.25) is 10.4 Å². The SMILES string of the molecule is CCC(NC(C)c1ncn[nH]1)c1ccco1. The molecule has 2 atom stereocenters. The minimum Gasteiger partial charge on any atom is -0.468 e. The molecule has 2 aromatic rings. The van der Waals surface area contributed by atoms with Gasteiger partial charge in [-0.15, -0.1) is 0 Å². The molecule has 0 amide bonds. The number of H-pyrrole nitrogens is 1. The van der Waals surface area contributed by atoms with Gasteiger partial charge in [0.25, 0.3) is 0 Å². The largest absolute Gasteiger partial charge is 0.468 e. The fraction of sp³-hybridized carbons (Fsp3) is 0.455. The third-order valence-electron chi connectivity index (χ3n) is 2.59. The lowest BCUT2D eigenvalue weighted by molar-refractivity contribution is 0.371. The molecule has 0 aliphatic rings. The molecule has 0 aliphatic heterocycles. The average molecular weight is 220 g/mol. The van der Waals surface area contributed by atoms with Crippen molar-refractivity contribution in [3.05, 3.63) is 36.3 Å². The number of nitrogens with zero attached hydrogens (tertiary/aromatic N) is 2. The summed E-state index contributed by atoms with van der Waals surface area (Å²) >= 11 is 0. The van der Waals surface area contributed by atoms with Crippen LogP contribution in [0, 0.1) is 0 Å². The average Bonchev–Trinajstić information content (AvgIpc) is 2.96. The first kappa shape index (κ1) is 10.9. The van der Waals surface area contributed by atoms with E-state index in [2.05, 4.69) is 27.4 Å². The van der Waals surface area contributed by atoms with Gasteiger partial charge in [0.2, 0.25) is 0 Å². The molecule has 0 bridgehead atoms. The Morgan fingerprint density at radius 2 is 2.44 bits per heavy atom. The minimum absolute atomic E-state index is 0.123. The molecule has 2 unspecified atom stereocenters. The molecule has 0 saturated carbocycles. The Morgan fingerprint density at radius 3 is 3.00 bits per heavy atom. The first-order chi connectivity index (χ1) is 7.81. The van der Waals surface area contributed by atoms with Gasteiger partial charge in [0, 0.05) is 0 Å². The van der Waals surface area contributed by atoms with Gasteiger partial charge in [-0.05, 0) is 25.5 Å². The number of furan rings is 1. The summed E-state index contributed by atoms with van der Waals surface area (Å²) in [5.41, 5.74) is 0. The van der Waals surface area contributed by atoms with Gasteiger partial charge < -0.3 is 4.42 Å². The second kappa shape index (κ2) is 4.94. The first-order valence-corrected chi connectivity index (χ1v) is 5.46. The zero-order valence-corrected chi connectivity index (χ0v) is 9.47. The van der Waals surface area contributed by atoms with E-state index >= 15 is 0 Å². The summed E-state index contributed by atoms with van der Waals surface area (Å²) in [6, 6.07) is 4.21. The lowest BCUT2D eigenvalue weighted by Gasteiger charge is -2.18. The van der Waals surface area contributed by atoms with Crippen LogP contribution in [-0.2, 0) is 0 Å². The molecule has 0 aliphatic carbocycles. The van der Waals surface area contributed by atoms with E-state index in [-0.39, 0.29) is 12.1 Å². The Bertz CT molecular complexity index is 396. The monoisotopic (exact) mass is 220 g/mol. The van der Waals surface area contributed by atoms with Crippen LogP contribution < -0.4 is 5.32 Å². The number of nitrogens with one attached hydrogen (secondary N) is 2. The van der Waals surface area contributed by atoms with Crippen molar-refractivity contribution < 1.29 is 4.42 Å². The molecule has 16 heavy (non-hydrogen) atoms. The third-order valence-corrected chi connectivity index (χ3v) is 2.59. The van der Waals surface area contributed by atoms with Crippen LogP contribution in [0.2, 0.25) is 0 Å². The maximum atomic E-state index is 5.40. The van der Waals surface area contributed by atoms with E-state index < -0.39 is 0 Å². The molecule has 2 heterocycles. The molecule has 86 valence electrons. The minimum atomic E-state index is 0.123. The van der Waals surface area contributed by atoms with Crippen molar-refractivity contribution in [2.75, 3.05) is 0 Å². The van der Waals surface area contributed by atoms with Crippen molar-refractivity contribution in [3.8, 4) is 0 Å². The van der Waals surface area contributed by atoms with Gasteiger partial charge in [-0.2, -0.15) is 5.10 Å². The van der Waals surface area contributed by atoms with Crippen LogP contribution in [0.1, 0.15) is 43.9 Å². The molecule has 2 rings (SSSR count). The zero-order valence-electron chi connectivity index (χ0n) is 9.47. The van der Waals surface area contributed by atoms with Gasteiger partial charge in [0.1, 0.15) is 17.9 Å². The fourth-order valence-electron chi connectivity index (χ4n) is 1.69. The quantitative estimate of drug-likeness (QED) is 0.810. The molecule has 0 radical (unpaired) electrons. The van der Waals surface area contributed by atoms with Crippen molar-refractivity contribution in [1.29, 1.82) is 0 Å². The van der Waals surface area contributed by atoms with Crippen LogP contribution >= 0.6 is 0 Å². The smallest absolute Gasteiger partial charge is 0.141 e. The van der Waals surface area contributed by atoms with Gasteiger partial charge in [0.05, 0.1) is 18.3 Å². The first-order valence-electron chi connectivity index (χ1n) is 5.46. The highest BCUT2D eigenvalue weighted by Gasteiger charge is 2.17. The highest BCUT2D eigenvalue weighted by molar-refractivity contribution is 5.05. The van der Waals surface area contributed by atoms with Gasteiger partial charge in [-0.1, -0.05) is 6.92 Å². The van der Waals surface area contributed by atoms with Crippen molar-refractivity contribution in [2.45, 2.75) is 32.4 Å². The van der Waals surface area contributed by atoms with Crippen molar-refractivity contribution in [3.63, 3.8) is 0 Å². The topological polar surface area (TPSA) is 66.7 Å². The summed E-state index contributed by atoms with van der Waals surface area (Å²) in [5.74, 6) is 1.79. The number of hydrogen-bond donors (Lipinski definition) is 2. The summed E-state index contributed by atoms with van der Waals surface area (Å²) in [5, 5.41) is 10.1. The predicted molar refractivity (Wildman–Crippen MR) is 59.7 cm³/mol. The van der Waals surface area contributed by atoms with E-state index in [1.807, 2.05) is 19.1 Å². The molecule has 0 saturated heterocycles. The Kier molecular flexibility index (Phi) is 3.36. The lowest BCUT2D eigenvalue weighted by atomic mass is 10.1. The number of aromatic nitrogens is 3. The molecule has 5 nitrogen and oxygen atoms in total. The summed E-state index contributed by atoms with van der Waals surface area (Å²) in [6.07, 6.45) is 4.17. The second-order valence-electron chi connectivity index (χ2n) is 3.74. The summed E-state index contributed by atoms with van der Waals surface area (Å²) < 4.78 is 5.40. The van der Waals surface area contributed by atoms with Gasteiger partial charge in [-0.25, -0.2) is 4.98 Å². The van der Waals surface area contributed by atoms with E-state index in [9.17, 15) is 0 Å². The highest BCUT2D eigenvalue weighted by atomic mass is 16.3. The summed E-state index contributed by atoms with van der Waals surface area (Å²) in [7, 11) is 0. The Labute approximate surface area is 94.3 Å². The van der Waals surface area contributed by atoms with Gasteiger partial charge >= 0.3 is 0 Å². The van der Waals surface area contributed by atoms with E-state index in [0.29, 0.717) is 0 Å². The Morgan fingerprint density at radius 1 is 1.56 bits per heavy atom. The normalized spacial score (nSPS) is 14.9. The summed E-state index contributed by atoms with van der Waals surface area (Å²) in [4.78, 5) is 4.13. The number of aromatic amines is 1. The Hall–Kier alpha value is -1.62. The highest BCUT2D eigenvalue weighted by Crippen LogP contribution is 2.20. The number of hydrogen-bond acceptors (Lipinski definition) is 4. The van der Waals surface area contributed by atoms with Crippen LogP contribution in [0.25, 0.3) is 0 Å². The zero-order chi connectivity index (χ0) is 11.4. The lowest BCUT2D eigenvalue weighted by Crippen LogP contribution is -2.24. The maximum absolute atomic E-state index is 5.40. The van der Waals surface area contributed by atoms with Crippen LogP contribution in [0.3, 0.4) is 0 Å².